The molecule has 1 N–H and O–H groups in total. The fourth-order valence-corrected chi connectivity index (χ4v) is 5.70. The van der Waals surface area contributed by atoms with Crippen LogP contribution in [0.2, 0.25) is 0 Å². The Bertz CT molecular complexity index is 1970. The van der Waals surface area contributed by atoms with Crippen molar-refractivity contribution < 1.29 is 0 Å². The number of aromatic nitrogens is 5. The van der Waals surface area contributed by atoms with Crippen LogP contribution >= 0.6 is 0 Å². The van der Waals surface area contributed by atoms with E-state index in [1.165, 1.54) is 11.1 Å². The summed E-state index contributed by atoms with van der Waals surface area (Å²) >= 11 is 0. The van der Waals surface area contributed by atoms with Gasteiger partial charge in [0, 0.05) is 47.7 Å². The summed E-state index contributed by atoms with van der Waals surface area (Å²) in [6.45, 7) is 0. The highest BCUT2D eigenvalue weighted by Gasteiger charge is 2.29. The van der Waals surface area contributed by atoms with Crippen LogP contribution < -0.4 is 5.32 Å². The Balaban J connectivity index is 1.26. The molecule has 0 radical (unpaired) electrons. The molecule has 8 rings (SSSR count). The predicted molar refractivity (Wildman–Crippen MR) is 162 cm³/mol. The molecule has 0 saturated heterocycles. The molecule has 1 unspecified atom stereocenters. The van der Waals surface area contributed by atoms with Crippen molar-refractivity contribution in [2.24, 2.45) is 0 Å². The zero-order valence-corrected chi connectivity index (χ0v) is 22.0. The number of hydrogen-bond acceptors (Lipinski definition) is 5. The van der Waals surface area contributed by atoms with Crippen LogP contribution in [0.3, 0.4) is 0 Å². The van der Waals surface area contributed by atoms with Crippen molar-refractivity contribution >= 4 is 11.5 Å². The van der Waals surface area contributed by atoms with E-state index in [1.54, 1.807) is 24.8 Å². The molecule has 0 amide bonds. The van der Waals surface area contributed by atoms with Crippen LogP contribution in [0.5, 0.6) is 0 Å². The van der Waals surface area contributed by atoms with Gasteiger partial charge in [0.05, 0.1) is 17.4 Å². The molecule has 0 fully saturated rings. The molecular formula is C35H24N6. The molecule has 0 bridgehead atoms. The molecule has 0 aliphatic carbocycles. The molecule has 41 heavy (non-hydrogen) atoms. The van der Waals surface area contributed by atoms with Crippen molar-refractivity contribution in [3.05, 3.63) is 145 Å². The maximum Gasteiger partial charge on any atom is 0.139 e. The second kappa shape index (κ2) is 9.54. The third-order valence-corrected chi connectivity index (χ3v) is 7.67. The Labute approximate surface area is 237 Å². The minimum atomic E-state index is -0.0278. The maximum atomic E-state index is 5.01. The highest BCUT2D eigenvalue weighted by Crippen LogP contribution is 2.43. The minimum absolute atomic E-state index is 0.0278. The number of fused-ring (bicyclic) bond motifs is 5. The van der Waals surface area contributed by atoms with Crippen molar-refractivity contribution in [3.8, 4) is 44.9 Å². The first-order valence-electron chi connectivity index (χ1n) is 13.6. The Morgan fingerprint density at radius 1 is 0.585 bits per heavy atom. The predicted octanol–water partition coefficient (Wildman–Crippen LogP) is 7.70. The van der Waals surface area contributed by atoms with Crippen LogP contribution in [0.1, 0.15) is 17.2 Å². The fraction of sp³-hybridized carbons (Fsp3) is 0.0286. The summed E-state index contributed by atoms with van der Waals surface area (Å²) in [5.41, 5.74) is 11.5. The Morgan fingerprint density at radius 3 is 2.05 bits per heavy atom. The van der Waals surface area contributed by atoms with E-state index < -0.39 is 0 Å². The number of anilines is 1. The fourth-order valence-electron chi connectivity index (χ4n) is 5.70. The van der Waals surface area contributed by atoms with E-state index in [1.807, 2.05) is 42.5 Å². The zero-order chi connectivity index (χ0) is 27.2. The normalized spacial score (nSPS) is 13.8. The quantitative estimate of drug-likeness (QED) is 0.254. The van der Waals surface area contributed by atoms with Gasteiger partial charge in [0.1, 0.15) is 17.2 Å². The number of rotatable bonds is 4. The number of nitrogens with zero attached hydrogens (tertiary/aromatic N) is 5. The van der Waals surface area contributed by atoms with Crippen molar-refractivity contribution in [2.75, 3.05) is 5.32 Å². The molecule has 6 heteroatoms. The lowest BCUT2D eigenvalue weighted by atomic mass is 9.88. The lowest BCUT2D eigenvalue weighted by Gasteiger charge is -2.28. The minimum Gasteiger partial charge on any atom is -0.358 e. The van der Waals surface area contributed by atoms with E-state index in [9.17, 15) is 0 Å². The number of benzene rings is 2. The van der Waals surface area contributed by atoms with E-state index >= 15 is 0 Å². The average molecular weight is 529 g/mol. The molecule has 5 aromatic heterocycles. The second-order valence-corrected chi connectivity index (χ2v) is 10.1. The number of hydrogen-bond donors (Lipinski definition) is 1. The first-order chi connectivity index (χ1) is 20.3. The van der Waals surface area contributed by atoms with Crippen LogP contribution in [-0.2, 0) is 0 Å². The highest BCUT2D eigenvalue weighted by atomic mass is 15.2. The highest BCUT2D eigenvalue weighted by molar-refractivity contribution is 5.84. The van der Waals surface area contributed by atoms with Gasteiger partial charge in [0.15, 0.2) is 0 Å². The van der Waals surface area contributed by atoms with E-state index in [-0.39, 0.29) is 6.04 Å². The summed E-state index contributed by atoms with van der Waals surface area (Å²) in [4.78, 5) is 18.4. The first kappa shape index (κ1) is 23.3. The van der Waals surface area contributed by atoms with Gasteiger partial charge < -0.3 is 5.32 Å². The Hall–Kier alpha value is -5.62. The molecule has 0 spiro atoms. The van der Waals surface area contributed by atoms with Crippen molar-refractivity contribution in [3.63, 3.8) is 0 Å². The SMILES string of the molecule is c1cc(-c2cc(-c3ccncc3)nc(-c3ccncc3)c2)cc(C2Nc3c(nc4ccccn34)-c3ccccc32)c1. The molecule has 194 valence electrons. The molecular weight excluding hydrogens is 504 g/mol. The molecule has 2 aromatic carbocycles. The summed E-state index contributed by atoms with van der Waals surface area (Å²) in [5, 5.41) is 3.82. The largest absolute Gasteiger partial charge is 0.358 e. The molecule has 6 nitrogen and oxygen atoms in total. The summed E-state index contributed by atoms with van der Waals surface area (Å²) in [5.74, 6) is 1.01. The molecule has 6 heterocycles. The van der Waals surface area contributed by atoms with Gasteiger partial charge in [-0.05, 0) is 76.9 Å². The van der Waals surface area contributed by atoms with Gasteiger partial charge in [0.25, 0.3) is 0 Å². The average Bonchev–Trinajstić information content (AvgIpc) is 3.44. The van der Waals surface area contributed by atoms with Crippen molar-refractivity contribution in [2.45, 2.75) is 6.04 Å². The van der Waals surface area contributed by atoms with Crippen molar-refractivity contribution in [1.82, 2.24) is 24.3 Å². The zero-order valence-electron chi connectivity index (χ0n) is 22.0. The van der Waals surface area contributed by atoms with E-state index in [0.717, 1.165) is 56.4 Å². The summed E-state index contributed by atoms with van der Waals surface area (Å²) < 4.78 is 2.13. The lowest BCUT2D eigenvalue weighted by molar-refractivity contribution is 0.910. The summed E-state index contributed by atoms with van der Waals surface area (Å²) in [7, 11) is 0. The van der Waals surface area contributed by atoms with E-state index in [4.69, 9.17) is 9.97 Å². The van der Waals surface area contributed by atoms with Gasteiger partial charge in [0.2, 0.25) is 0 Å². The van der Waals surface area contributed by atoms with E-state index in [2.05, 4.69) is 86.5 Å². The molecule has 1 atom stereocenters. The molecule has 7 aromatic rings. The lowest BCUT2D eigenvalue weighted by Crippen LogP contribution is -2.19. The van der Waals surface area contributed by atoms with E-state index in [0.29, 0.717) is 0 Å². The second-order valence-electron chi connectivity index (χ2n) is 10.1. The Morgan fingerprint density at radius 2 is 1.29 bits per heavy atom. The molecule has 1 aliphatic heterocycles. The van der Waals surface area contributed by atoms with Crippen LogP contribution in [-0.4, -0.2) is 24.3 Å². The molecule has 0 saturated carbocycles. The van der Waals surface area contributed by atoms with Crippen LogP contribution in [0.25, 0.3) is 50.5 Å². The monoisotopic (exact) mass is 528 g/mol. The van der Waals surface area contributed by atoms with Gasteiger partial charge in [-0.2, -0.15) is 0 Å². The standard InChI is InChI=1S/C35H24N6/c1-2-9-29-28(8-1)33(40-35-34(29)39-32-10-3-4-19-41(32)35)26-7-5-6-25(20-26)27-21-30(23-11-15-36-16-12-23)38-31(22-27)24-13-17-37-18-14-24/h1-22,33,40H. The smallest absolute Gasteiger partial charge is 0.139 e. The van der Waals surface area contributed by atoms with Crippen molar-refractivity contribution in [1.29, 1.82) is 0 Å². The first-order valence-corrected chi connectivity index (χ1v) is 13.6. The summed E-state index contributed by atoms with van der Waals surface area (Å²) in [6, 6.07) is 35.7. The van der Waals surface area contributed by atoms with Crippen LogP contribution in [0.15, 0.2) is 134 Å². The van der Waals surface area contributed by atoms with Gasteiger partial charge in [-0.1, -0.05) is 48.5 Å². The third-order valence-electron chi connectivity index (χ3n) is 7.67. The number of pyridine rings is 4. The topological polar surface area (TPSA) is 68.0 Å². The molecule has 1 aliphatic rings. The number of nitrogens with one attached hydrogen (secondary N) is 1. The van der Waals surface area contributed by atoms with Gasteiger partial charge in [-0.25, -0.2) is 9.97 Å². The van der Waals surface area contributed by atoms with Gasteiger partial charge in [-0.15, -0.1) is 0 Å². The summed E-state index contributed by atoms with van der Waals surface area (Å²) in [6.07, 6.45) is 9.27. The third kappa shape index (κ3) is 4.05. The van der Waals surface area contributed by atoms with Gasteiger partial charge in [-0.3, -0.25) is 14.4 Å². The van der Waals surface area contributed by atoms with Crippen LogP contribution in [0.4, 0.5) is 5.82 Å². The Kier molecular flexibility index (Phi) is 5.42. The van der Waals surface area contributed by atoms with Gasteiger partial charge >= 0.3 is 0 Å². The van der Waals surface area contributed by atoms with Crippen LogP contribution in [0, 0.1) is 0 Å². The number of imidazole rings is 1. The maximum absolute atomic E-state index is 5.01.